The molecule has 7 heteroatoms. The molecule has 2 N–H and O–H groups in total. The first-order valence-corrected chi connectivity index (χ1v) is 5.79. The molecular formula is C6H12O4PtS2. The van der Waals surface area contributed by atoms with Crippen LogP contribution < -0.4 is 0 Å². The first-order chi connectivity index (χ1) is 5.56. The van der Waals surface area contributed by atoms with E-state index in [1.54, 1.807) is 0 Å². The van der Waals surface area contributed by atoms with E-state index in [9.17, 15) is 0 Å². The zero-order valence-corrected chi connectivity index (χ0v) is 11.2. The minimum absolute atomic E-state index is 0. The predicted octanol–water partition coefficient (Wildman–Crippen LogP) is 0.865. The van der Waals surface area contributed by atoms with Crippen LogP contribution in [-0.4, -0.2) is 46.2 Å². The molecule has 0 aliphatic heterocycles. The summed E-state index contributed by atoms with van der Waals surface area (Å²) in [4.78, 5) is 18.2. The molecule has 82 valence electrons. The van der Waals surface area contributed by atoms with Crippen molar-refractivity contribution in [3.8, 4) is 0 Å². The summed E-state index contributed by atoms with van der Waals surface area (Å²) in [5, 5.41) is 14.8. The van der Waals surface area contributed by atoms with Gasteiger partial charge in [-0.25, -0.2) is 9.59 Å². The maximum Gasteiger partial charge on any atom is 0.414 e. The fourth-order valence-corrected chi connectivity index (χ4v) is 1.50. The number of carboxylic acids is 2. The van der Waals surface area contributed by atoms with E-state index in [4.69, 9.17) is 19.8 Å². The Kier molecular flexibility index (Phi) is 21.7. The Labute approximate surface area is 100 Å². The third-order valence-corrected chi connectivity index (χ3v) is 2.16. The normalized spacial score (nSPS) is 7.54. The number of thioether (sulfide) groups is 2. The van der Waals surface area contributed by atoms with Crippen LogP contribution in [-0.2, 0) is 30.7 Å². The Hall–Kier alpha value is 0.328. The standard InChI is InChI=1S/C4H10S2.C2H2O4.Pt/c1-5-3-4-6-2;3-1(4)2(5)6;/h3-4H2,1-2H3;(H,3,4)(H,5,6);. The molecule has 0 saturated heterocycles. The largest absolute Gasteiger partial charge is 0.473 e. The zero-order chi connectivity index (χ0) is 9.98. The summed E-state index contributed by atoms with van der Waals surface area (Å²) in [6.07, 6.45) is 4.27. The molecule has 0 bridgehead atoms. The molecule has 0 amide bonds. The second-order valence-corrected chi connectivity index (χ2v) is 3.57. The summed E-state index contributed by atoms with van der Waals surface area (Å²) in [6.45, 7) is 0. The van der Waals surface area contributed by atoms with Gasteiger partial charge >= 0.3 is 11.9 Å². The molecule has 0 saturated carbocycles. The van der Waals surface area contributed by atoms with E-state index in [0.29, 0.717) is 0 Å². The quantitative estimate of drug-likeness (QED) is 0.534. The third kappa shape index (κ3) is 24.5. The van der Waals surface area contributed by atoms with E-state index in [1.165, 1.54) is 11.5 Å². The molecule has 0 heterocycles. The second-order valence-electron chi connectivity index (χ2n) is 1.60. The van der Waals surface area contributed by atoms with Crippen molar-refractivity contribution in [2.24, 2.45) is 0 Å². The molecule has 0 radical (unpaired) electrons. The Bertz CT molecular complexity index is 127. The van der Waals surface area contributed by atoms with Crippen LogP contribution in [0.2, 0.25) is 0 Å². The first kappa shape index (κ1) is 19.0. The van der Waals surface area contributed by atoms with E-state index in [2.05, 4.69) is 12.5 Å². The van der Waals surface area contributed by atoms with E-state index >= 15 is 0 Å². The van der Waals surface area contributed by atoms with Crippen LogP contribution in [0.5, 0.6) is 0 Å². The van der Waals surface area contributed by atoms with Crippen molar-refractivity contribution < 1.29 is 40.9 Å². The van der Waals surface area contributed by atoms with Gasteiger partial charge in [0.25, 0.3) is 0 Å². The summed E-state index contributed by atoms with van der Waals surface area (Å²) >= 11 is 3.81. The van der Waals surface area contributed by atoms with Gasteiger partial charge in [0, 0.05) is 32.6 Å². The molecule has 0 rings (SSSR count). The van der Waals surface area contributed by atoms with Crippen molar-refractivity contribution >= 4 is 35.5 Å². The van der Waals surface area contributed by atoms with Crippen LogP contribution in [0.15, 0.2) is 0 Å². The summed E-state index contributed by atoms with van der Waals surface area (Å²) in [5.41, 5.74) is 0. The molecule has 13 heavy (non-hydrogen) atoms. The van der Waals surface area contributed by atoms with Gasteiger partial charge in [0.1, 0.15) is 0 Å². The maximum atomic E-state index is 9.10. The van der Waals surface area contributed by atoms with Gasteiger partial charge in [-0.3, -0.25) is 0 Å². The van der Waals surface area contributed by atoms with Gasteiger partial charge in [-0.2, -0.15) is 23.5 Å². The first-order valence-electron chi connectivity index (χ1n) is 3.00. The van der Waals surface area contributed by atoms with Gasteiger partial charge < -0.3 is 10.2 Å². The summed E-state index contributed by atoms with van der Waals surface area (Å²) in [5.74, 6) is -1.06. The third-order valence-electron chi connectivity index (χ3n) is 0.675. The fraction of sp³-hybridized carbons (Fsp3) is 0.667. The molecule has 0 aromatic rings. The number of carboxylic acid groups (broad SMARTS) is 2. The van der Waals surface area contributed by atoms with Crippen molar-refractivity contribution in [3.05, 3.63) is 0 Å². The Balaban J connectivity index is -0.000000143. The number of hydrogen-bond donors (Lipinski definition) is 2. The van der Waals surface area contributed by atoms with E-state index in [1.807, 2.05) is 23.5 Å². The van der Waals surface area contributed by atoms with Crippen LogP contribution in [0.1, 0.15) is 0 Å². The monoisotopic (exact) mass is 407 g/mol. The van der Waals surface area contributed by atoms with Gasteiger partial charge in [0.05, 0.1) is 0 Å². The van der Waals surface area contributed by atoms with Gasteiger partial charge in [0.2, 0.25) is 0 Å². The summed E-state index contributed by atoms with van der Waals surface area (Å²) in [7, 11) is 0. The maximum absolute atomic E-state index is 9.10. The van der Waals surface area contributed by atoms with Crippen molar-refractivity contribution in [2.45, 2.75) is 0 Å². The fourth-order valence-electron chi connectivity index (χ4n) is 0.167. The van der Waals surface area contributed by atoms with Crippen LogP contribution in [0.4, 0.5) is 0 Å². The average molecular weight is 407 g/mol. The van der Waals surface area contributed by atoms with Crippen LogP contribution in [0.3, 0.4) is 0 Å². The Morgan fingerprint density at radius 1 is 1.00 bits per heavy atom. The second kappa shape index (κ2) is 14.8. The molecule has 4 nitrogen and oxygen atoms in total. The molecular weight excluding hydrogens is 395 g/mol. The van der Waals surface area contributed by atoms with Crippen molar-refractivity contribution in [1.29, 1.82) is 0 Å². The van der Waals surface area contributed by atoms with Crippen LogP contribution in [0, 0.1) is 0 Å². The summed E-state index contributed by atoms with van der Waals surface area (Å²) in [6, 6.07) is 0. The molecule has 0 aromatic heterocycles. The molecule has 0 fully saturated rings. The van der Waals surface area contributed by atoms with E-state index in [-0.39, 0.29) is 21.1 Å². The van der Waals surface area contributed by atoms with Crippen molar-refractivity contribution in [3.63, 3.8) is 0 Å². The van der Waals surface area contributed by atoms with Crippen LogP contribution in [0.25, 0.3) is 0 Å². The van der Waals surface area contributed by atoms with Gasteiger partial charge in [-0.15, -0.1) is 0 Å². The smallest absolute Gasteiger partial charge is 0.414 e. The molecule has 0 atom stereocenters. The van der Waals surface area contributed by atoms with Gasteiger partial charge in [0.15, 0.2) is 0 Å². The average Bonchev–Trinajstić information content (AvgIpc) is 2.02. The molecule has 0 aliphatic carbocycles. The van der Waals surface area contributed by atoms with Gasteiger partial charge in [-0.1, -0.05) is 0 Å². The Morgan fingerprint density at radius 3 is 1.31 bits per heavy atom. The number of hydrogen-bond acceptors (Lipinski definition) is 4. The minimum atomic E-state index is -1.82. The predicted molar refractivity (Wildman–Crippen MR) is 52.0 cm³/mol. The van der Waals surface area contributed by atoms with Gasteiger partial charge in [-0.05, 0) is 12.5 Å². The van der Waals surface area contributed by atoms with Crippen molar-refractivity contribution in [2.75, 3.05) is 24.0 Å². The van der Waals surface area contributed by atoms with Crippen molar-refractivity contribution in [1.82, 2.24) is 0 Å². The molecule has 0 aromatic carbocycles. The summed E-state index contributed by atoms with van der Waals surface area (Å²) < 4.78 is 0. The van der Waals surface area contributed by atoms with E-state index < -0.39 is 11.9 Å². The SMILES string of the molecule is CSCCSC.O=C(O)C(=O)O.[Pt]. The van der Waals surface area contributed by atoms with E-state index in [0.717, 1.165) is 0 Å². The molecule has 0 spiro atoms. The molecule has 0 aliphatic rings. The topological polar surface area (TPSA) is 74.6 Å². The number of carbonyl (C=O) groups is 2. The Morgan fingerprint density at radius 2 is 1.23 bits per heavy atom. The molecule has 0 unspecified atom stereocenters. The minimum Gasteiger partial charge on any atom is -0.473 e. The number of rotatable bonds is 3. The zero-order valence-electron chi connectivity index (χ0n) is 7.26. The number of aliphatic carboxylic acids is 2. The van der Waals surface area contributed by atoms with Crippen LogP contribution >= 0.6 is 23.5 Å².